The normalized spacial score (nSPS) is 21.5. The highest BCUT2D eigenvalue weighted by molar-refractivity contribution is 5.45. The van der Waals surface area contributed by atoms with Gasteiger partial charge < -0.3 is 14.2 Å². The standard InChI is InChI=1S/C14H19FN6O/c1-4-10-12(15)14(17-7-16-10)21-6-9(22-3)5-11(21)13-19-18-8-20(13)2/h7-9,11H,4-6H2,1-3H3/t9-,11+/m1/s1. The second-order valence-electron chi connectivity index (χ2n) is 5.37. The topological polar surface area (TPSA) is 69.0 Å². The molecule has 1 aliphatic heterocycles. The van der Waals surface area contributed by atoms with Gasteiger partial charge in [-0.1, -0.05) is 6.92 Å². The predicted molar refractivity (Wildman–Crippen MR) is 77.9 cm³/mol. The van der Waals surface area contributed by atoms with Gasteiger partial charge in [-0.05, 0) is 6.42 Å². The highest BCUT2D eigenvalue weighted by Gasteiger charge is 2.38. The Kier molecular flexibility index (Phi) is 4.02. The van der Waals surface area contributed by atoms with Gasteiger partial charge in [-0.15, -0.1) is 10.2 Å². The molecule has 2 atom stereocenters. The number of ether oxygens (including phenoxy) is 1. The van der Waals surface area contributed by atoms with Crippen molar-refractivity contribution in [1.82, 2.24) is 24.7 Å². The van der Waals surface area contributed by atoms with Crippen molar-refractivity contribution in [2.75, 3.05) is 18.6 Å². The molecular formula is C14H19FN6O. The van der Waals surface area contributed by atoms with E-state index < -0.39 is 0 Å². The third-order valence-corrected chi connectivity index (χ3v) is 4.09. The summed E-state index contributed by atoms with van der Waals surface area (Å²) in [5.41, 5.74) is 0.419. The van der Waals surface area contributed by atoms with E-state index in [0.717, 1.165) is 5.82 Å². The van der Waals surface area contributed by atoms with Gasteiger partial charge >= 0.3 is 0 Å². The van der Waals surface area contributed by atoms with E-state index in [1.165, 1.54) is 6.33 Å². The lowest BCUT2D eigenvalue weighted by molar-refractivity contribution is 0.118. The van der Waals surface area contributed by atoms with Crippen molar-refractivity contribution in [3.05, 3.63) is 30.0 Å². The molecule has 2 aromatic rings. The van der Waals surface area contributed by atoms with Gasteiger partial charge in [-0.25, -0.2) is 14.4 Å². The quantitative estimate of drug-likeness (QED) is 0.847. The Morgan fingerprint density at radius 1 is 1.41 bits per heavy atom. The van der Waals surface area contributed by atoms with Crippen LogP contribution in [0.1, 0.15) is 30.9 Å². The van der Waals surface area contributed by atoms with Crippen molar-refractivity contribution in [2.24, 2.45) is 7.05 Å². The molecule has 8 heteroatoms. The number of aromatic nitrogens is 5. The zero-order valence-corrected chi connectivity index (χ0v) is 12.9. The number of rotatable bonds is 4. The molecular weight excluding hydrogens is 287 g/mol. The first kappa shape index (κ1) is 14.8. The van der Waals surface area contributed by atoms with Crippen LogP contribution < -0.4 is 4.90 Å². The predicted octanol–water partition coefficient (Wildman–Crippen LogP) is 1.27. The summed E-state index contributed by atoms with van der Waals surface area (Å²) in [6.07, 6.45) is 4.29. The molecule has 0 N–H and O–H groups in total. The fourth-order valence-electron chi connectivity index (χ4n) is 2.88. The number of aryl methyl sites for hydroxylation is 2. The van der Waals surface area contributed by atoms with Gasteiger partial charge in [0.2, 0.25) is 0 Å². The lowest BCUT2D eigenvalue weighted by Gasteiger charge is -2.25. The van der Waals surface area contributed by atoms with E-state index in [1.807, 2.05) is 23.4 Å². The first-order chi connectivity index (χ1) is 10.7. The summed E-state index contributed by atoms with van der Waals surface area (Å²) in [7, 11) is 3.54. The van der Waals surface area contributed by atoms with Gasteiger partial charge in [-0.3, -0.25) is 0 Å². The molecule has 2 aromatic heterocycles. The van der Waals surface area contributed by atoms with Crippen LogP contribution in [0.5, 0.6) is 0 Å². The van der Waals surface area contributed by atoms with Gasteiger partial charge in [0.05, 0.1) is 17.8 Å². The van der Waals surface area contributed by atoms with Crippen molar-refractivity contribution in [1.29, 1.82) is 0 Å². The Balaban J connectivity index is 2.01. The maximum Gasteiger partial charge on any atom is 0.187 e. The van der Waals surface area contributed by atoms with Gasteiger partial charge in [0.15, 0.2) is 17.5 Å². The zero-order valence-electron chi connectivity index (χ0n) is 12.9. The van der Waals surface area contributed by atoms with Crippen LogP contribution in [-0.2, 0) is 18.2 Å². The van der Waals surface area contributed by atoms with Crippen molar-refractivity contribution in [3.8, 4) is 0 Å². The van der Waals surface area contributed by atoms with Gasteiger partial charge in [0, 0.05) is 27.1 Å². The van der Waals surface area contributed by atoms with E-state index >= 15 is 0 Å². The van der Waals surface area contributed by atoms with Crippen molar-refractivity contribution in [2.45, 2.75) is 31.9 Å². The summed E-state index contributed by atoms with van der Waals surface area (Å²) in [6.45, 7) is 2.43. The minimum absolute atomic E-state index is 0.00106. The lowest BCUT2D eigenvalue weighted by Crippen LogP contribution is -2.28. The second-order valence-corrected chi connectivity index (χ2v) is 5.37. The number of hydrogen-bond donors (Lipinski definition) is 0. The molecule has 3 heterocycles. The van der Waals surface area contributed by atoms with Crippen LogP contribution in [0.15, 0.2) is 12.7 Å². The summed E-state index contributed by atoms with van der Waals surface area (Å²) >= 11 is 0. The highest BCUT2D eigenvalue weighted by Crippen LogP contribution is 2.36. The summed E-state index contributed by atoms with van der Waals surface area (Å²) in [5.74, 6) is 0.712. The first-order valence-electron chi connectivity index (χ1n) is 7.28. The lowest BCUT2D eigenvalue weighted by atomic mass is 10.2. The summed E-state index contributed by atoms with van der Waals surface area (Å²) in [5, 5.41) is 8.08. The maximum absolute atomic E-state index is 14.6. The SMILES string of the molecule is CCc1ncnc(N2C[C@H](OC)C[C@H]2c2nncn2C)c1F. The number of hydrogen-bond acceptors (Lipinski definition) is 6. The Labute approximate surface area is 128 Å². The average molecular weight is 306 g/mol. The first-order valence-corrected chi connectivity index (χ1v) is 7.28. The molecule has 3 rings (SSSR count). The van der Waals surface area contributed by atoms with Crippen LogP contribution in [0.25, 0.3) is 0 Å². The third kappa shape index (κ3) is 2.43. The smallest absolute Gasteiger partial charge is 0.187 e. The molecule has 0 amide bonds. The Bertz CT molecular complexity index is 661. The maximum atomic E-state index is 14.6. The van der Waals surface area contributed by atoms with Crippen molar-refractivity contribution >= 4 is 5.82 Å². The van der Waals surface area contributed by atoms with E-state index in [1.54, 1.807) is 13.4 Å². The molecule has 0 saturated carbocycles. The molecule has 1 fully saturated rings. The molecule has 118 valence electrons. The Morgan fingerprint density at radius 2 is 2.23 bits per heavy atom. The van der Waals surface area contributed by atoms with Crippen molar-refractivity contribution < 1.29 is 9.13 Å². The second kappa shape index (κ2) is 5.96. The van der Waals surface area contributed by atoms with E-state index in [2.05, 4.69) is 20.2 Å². The minimum atomic E-state index is -0.367. The van der Waals surface area contributed by atoms with E-state index in [0.29, 0.717) is 30.9 Å². The van der Waals surface area contributed by atoms with Crippen LogP contribution in [0.3, 0.4) is 0 Å². The largest absolute Gasteiger partial charge is 0.380 e. The van der Waals surface area contributed by atoms with Crippen molar-refractivity contribution in [3.63, 3.8) is 0 Å². The van der Waals surface area contributed by atoms with Crippen LogP contribution in [0, 0.1) is 5.82 Å². The molecule has 0 aromatic carbocycles. The molecule has 0 radical (unpaired) electrons. The van der Waals surface area contributed by atoms with Gasteiger partial charge in [0.1, 0.15) is 12.7 Å². The molecule has 0 aliphatic carbocycles. The van der Waals surface area contributed by atoms with E-state index in [-0.39, 0.29) is 18.0 Å². The van der Waals surface area contributed by atoms with E-state index in [9.17, 15) is 4.39 Å². The molecule has 1 aliphatic rings. The molecule has 0 spiro atoms. The Hall–Kier alpha value is -2.09. The number of nitrogens with zero attached hydrogens (tertiary/aromatic N) is 6. The molecule has 0 bridgehead atoms. The van der Waals surface area contributed by atoms with Crippen LogP contribution in [0.4, 0.5) is 10.2 Å². The number of anilines is 1. The average Bonchev–Trinajstić information content (AvgIpc) is 3.13. The van der Waals surface area contributed by atoms with E-state index in [4.69, 9.17) is 4.74 Å². The van der Waals surface area contributed by atoms with Crippen LogP contribution in [0.2, 0.25) is 0 Å². The fraction of sp³-hybridized carbons (Fsp3) is 0.571. The number of methoxy groups -OCH3 is 1. The van der Waals surface area contributed by atoms with Crippen LogP contribution >= 0.6 is 0 Å². The monoisotopic (exact) mass is 306 g/mol. The summed E-state index contributed by atoms with van der Waals surface area (Å²) in [6, 6.07) is -0.119. The van der Waals surface area contributed by atoms with Gasteiger partial charge in [-0.2, -0.15) is 0 Å². The Morgan fingerprint density at radius 3 is 2.86 bits per heavy atom. The zero-order chi connectivity index (χ0) is 15.7. The fourth-order valence-corrected chi connectivity index (χ4v) is 2.88. The summed E-state index contributed by atoms with van der Waals surface area (Å²) < 4.78 is 21.9. The molecule has 0 unspecified atom stereocenters. The number of halogens is 1. The summed E-state index contributed by atoms with van der Waals surface area (Å²) in [4.78, 5) is 10.0. The molecule has 7 nitrogen and oxygen atoms in total. The molecule has 1 saturated heterocycles. The third-order valence-electron chi connectivity index (χ3n) is 4.09. The van der Waals surface area contributed by atoms with Crippen LogP contribution in [-0.4, -0.2) is 44.5 Å². The van der Waals surface area contributed by atoms with Gasteiger partial charge in [0.25, 0.3) is 0 Å². The highest BCUT2D eigenvalue weighted by atomic mass is 19.1. The minimum Gasteiger partial charge on any atom is -0.380 e. The molecule has 22 heavy (non-hydrogen) atoms.